The van der Waals surface area contributed by atoms with Gasteiger partial charge in [-0.3, -0.25) is 4.79 Å². The molecule has 3 aliphatic carbocycles. The van der Waals surface area contributed by atoms with Gasteiger partial charge in [-0.2, -0.15) is 0 Å². The van der Waals surface area contributed by atoms with Gasteiger partial charge in [-0.15, -0.1) is 0 Å². The second kappa shape index (κ2) is 42.6. The van der Waals surface area contributed by atoms with E-state index in [9.17, 15) is 14.4 Å². The van der Waals surface area contributed by atoms with E-state index in [0.29, 0.717) is 107 Å². The van der Waals surface area contributed by atoms with Crippen molar-refractivity contribution in [3.63, 3.8) is 0 Å². The third kappa shape index (κ3) is 25.2. The highest BCUT2D eigenvalue weighted by atomic mass is 35.5. The third-order valence-corrected chi connectivity index (χ3v) is 22.7. The lowest BCUT2D eigenvalue weighted by Gasteiger charge is -2.30. The number of nitrogens with zero attached hydrogens (tertiary/aromatic N) is 23. The maximum absolute atomic E-state index is 12.3. The molecule has 36 nitrogen and oxygen atoms in total. The van der Waals surface area contributed by atoms with Gasteiger partial charge in [0.15, 0.2) is 0 Å². The first-order valence-electron chi connectivity index (χ1n) is 40.9. The molecule has 688 valence electrons. The lowest BCUT2D eigenvalue weighted by Crippen LogP contribution is -2.36. The number of H-pyrrole nitrogens is 1. The molecule has 131 heavy (non-hydrogen) atoms. The Kier molecular flexibility index (Phi) is 33.2. The number of hydrogen-bond acceptors (Lipinski definition) is 27. The van der Waals surface area contributed by atoms with E-state index in [4.69, 9.17) is 120 Å². The summed E-state index contributed by atoms with van der Waals surface area (Å²) in [6.45, 7) is 25.8. The molecule has 12 aromatic heterocycles. The van der Waals surface area contributed by atoms with Crippen molar-refractivity contribution in [3.8, 4) is 17.6 Å². The highest BCUT2D eigenvalue weighted by molar-refractivity contribution is 6.35. The Balaban J connectivity index is 0.000000178. The highest BCUT2D eigenvalue weighted by Gasteiger charge is 2.37. The molecule has 0 radical (unpaired) electrons. The Morgan fingerprint density at radius 1 is 0.466 bits per heavy atom. The first-order chi connectivity index (χ1) is 60.9. The summed E-state index contributed by atoms with van der Waals surface area (Å²) in [6.07, 6.45) is 27.8. The number of aliphatic hydroxyl groups excluding tert-OH is 1. The van der Waals surface area contributed by atoms with Gasteiger partial charge in [-0.05, 0) is 231 Å². The fourth-order valence-corrected chi connectivity index (χ4v) is 14.9. The molecule has 14 heterocycles. The van der Waals surface area contributed by atoms with Crippen LogP contribution in [0.1, 0.15) is 229 Å². The van der Waals surface area contributed by atoms with Gasteiger partial charge in [-0.25, -0.2) is 64.4 Å². The normalized spacial score (nSPS) is 14.7. The molecule has 5 aliphatic rings. The predicted octanol–water partition coefficient (Wildman–Crippen LogP) is 23.5. The third-order valence-electron chi connectivity index (χ3n) is 21.6. The predicted molar refractivity (Wildman–Crippen MR) is 510 cm³/mol. The van der Waals surface area contributed by atoms with Gasteiger partial charge in [0.1, 0.15) is 66.6 Å². The second-order valence-corrected chi connectivity index (χ2v) is 36.7. The molecule has 2 aliphatic heterocycles. The first kappa shape index (κ1) is 102. The molecule has 0 aromatic carbocycles. The van der Waals surface area contributed by atoms with Crippen molar-refractivity contribution in [1.82, 2.24) is 59.8 Å². The molecule has 0 amide bonds. The SMILES string of the molecule is C.C.CC(C)(N=[N+]=[N-])c1c[nH]c(=O)c2cnc(Cl)cc12.CC(C)(N=[N+]=[N-])c1cnc(Cl)c2cnc(Cl)cc12.CC(C)(N=[N+]=[N-])c1cnc(OC2CCC2)c2cnc(Cl)cc12.CC1(C)Cc2nc(N)ccc2C(=O)O1.CC1(C)Cc2nc(Nc3cc4c(C(C)(C)N)cnc(OC5CCC5)c4cn3)ccc2C(=O)O1.COc1ncc(C(C)(C)N=[N+]=[N-])c2cc(Cl)ncc12.OC1CCC1. The number of ether oxygens (including phenoxy) is 5. The molecule has 17 rings (SSSR count). The van der Waals surface area contributed by atoms with Crippen LogP contribution >= 0.6 is 58.0 Å². The van der Waals surface area contributed by atoms with Crippen molar-refractivity contribution in [3.05, 3.63) is 245 Å². The number of methoxy groups -OCH3 is 1. The van der Waals surface area contributed by atoms with Crippen LogP contribution in [0.25, 0.3) is 95.6 Å². The number of nitrogen functional groups attached to an aromatic ring is 1. The lowest BCUT2D eigenvalue weighted by atomic mass is 9.92. The van der Waals surface area contributed by atoms with E-state index in [0.717, 1.165) is 104 Å². The van der Waals surface area contributed by atoms with Gasteiger partial charge in [0.25, 0.3) is 5.56 Å². The number of carbonyl (C=O) groups excluding carboxylic acids is 2. The molecule has 0 unspecified atom stereocenters. The maximum atomic E-state index is 12.3. The lowest BCUT2D eigenvalue weighted by molar-refractivity contribution is -0.00835. The molecule has 0 spiro atoms. The van der Waals surface area contributed by atoms with E-state index in [2.05, 4.69) is 105 Å². The van der Waals surface area contributed by atoms with Crippen LogP contribution in [0, 0.1) is 0 Å². The number of aromatic amines is 1. The topological polar surface area (TPSA) is 534 Å². The summed E-state index contributed by atoms with van der Waals surface area (Å²) in [5, 5.41) is 36.1. The Morgan fingerprint density at radius 2 is 0.824 bits per heavy atom. The van der Waals surface area contributed by atoms with Crippen molar-refractivity contribution >= 4 is 141 Å². The number of hydrogen-bond donors (Lipinski definition) is 5. The second-order valence-electron chi connectivity index (χ2n) is 34.8. The van der Waals surface area contributed by atoms with Crippen LogP contribution < -0.4 is 36.6 Å². The summed E-state index contributed by atoms with van der Waals surface area (Å²) >= 11 is 29.7. The van der Waals surface area contributed by atoms with Crippen LogP contribution in [0.3, 0.4) is 0 Å². The van der Waals surface area contributed by atoms with Gasteiger partial charge in [0, 0.05) is 105 Å². The molecule has 0 atom stereocenters. The Labute approximate surface area is 781 Å². The Hall–Kier alpha value is -12.6. The van der Waals surface area contributed by atoms with Gasteiger partial charge >= 0.3 is 11.9 Å². The monoisotopic (exact) mass is 1880 g/mol. The van der Waals surface area contributed by atoms with Crippen molar-refractivity contribution in [2.45, 2.75) is 240 Å². The number of azide groups is 4. The highest BCUT2D eigenvalue weighted by Crippen LogP contribution is 2.42. The van der Waals surface area contributed by atoms with E-state index in [1.54, 1.807) is 126 Å². The summed E-state index contributed by atoms with van der Waals surface area (Å²) in [7, 11) is 1.54. The van der Waals surface area contributed by atoms with E-state index in [-0.39, 0.29) is 55.8 Å². The van der Waals surface area contributed by atoms with E-state index < -0.39 is 38.9 Å². The summed E-state index contributed by atoms with van der Waals surface area (Å²) < 4.78 is 27.9. The van der Waals surface area contributed by atoms with E-state index >= 15 is 0 Å². The Bertz CT molecular complexity index is 6540. The minimum atomic E-state index is -0.790. The summed E-state index contributed by atoms with van der Waals surface area (Å²) in [5.74, 6) is 2.63. The average molecular weight is 1890 g/mol. The molecule has 3 saturated carbocycles. The van der Waals surface area contributed by atoms with Crippen molar-refractivity contribution in [1.29, 1.82) is 0 Å². The number of pyridine rings is 12. The van der Waals surface area contributed by atoms with E-state index in [1.165, 1.54) is 38.8 Å². The molecule has 3 fully saturated rings. The van der Waals surface area contributed by atoms with Crippen molar-refractivity contribution in [2.75, 3.05) is 18.2 Å². The number of esters is 2. The number of aliphatic hydroxyl groups is 1. The number of carbonyl (C=O) groups is 2. The molecular formula is C90H104Cl5N27O9. The van der Waals surface area contributed by atoms with Gasteiger partial charge in [0.05, 0.1) is 79.4 Å². The number of cyclic esters (lactones) is 2. The van der Waals surface area contributed by atoms with Crippen LogP contribution in [-0.2, 0) is 50.0 Å². The van der Waals surface area contributed by atoms with Crippen LogP contribution in [0.4, 0.5) is 17.5 Å². The van der Waals surface area contributed by atoms with Gasteiger partial charge in [0.2, 0.25) is 17.6 Å². The average Bonchev–Trinajstić information content (AvgIpc) is 1.72. The number of aromatic nitrogens is 12. The first-order valence-corrected chi connectivity index (χ1v) is 42.8. The zero-order valence-electron chi connectivity index (χ0n) is 73.5. The smallest absolute Gasteiger partial charge is 0.340 e. The van der Waals surface area contributed by atoms with Crippen molar-refractivity contribution < 1.29 is 38.4 Å². The molecular weight excluding hydrogens is 1780 g/mol. The number of rotatable bonds is 16. The fraction of sp³-hybridized carbons (Fsp3) is 0.422. The quantitative estimate of drug-likeness (QED) is 0.0197. The molecule has 7 N–H and O–H groups in total. The molecule has 0 saturated heterocycles. The number of anilines is 3. The zero-order chi connectivity index (χ0) is 93.9. The van der Waals surface area contributed by atoms with Crippen LogP contribution in [0.5, 0.6) is 17.6 Å². The minimum absolute atomic E-state index is 0. The molecule has 0 bridgehead atoms. The largest absolute Gasteiger partial charge is 0.481 e. The number of fused-ring (bicyclic) bond motifs is 7. The standard InChI is InChI=1S/C25H29N5O3.C15H16ClN5O.C12H12ClN5O.C11H9Cl2N5.C11H10ClN5O.C10H12N2O2.C4H8O.2CH4/c1-24(2)11-19-15(23(31)33-24)8-9-20(29-19)30-21-10-16-17(12-27-21)22(32-14-6-5-7-14)28-13-18(16)25(3,4)26;1-15(2,20-21-17)12-8-19-14(22-9-4-3-5-9)11-7-18-13(16)6-10(11)12;1-12(2,17-18-14)9-6-16-11(19-3)8-5-15-10(13)4-7(8)9;1-11(2,17-18-14)8-5-16-10(13)7-4-15-9(12)3-6(7)8;1-11(2,16-17-13)8-5-15-10(18)7-4-14-9(12)3-6(7)8;1-10(2)5-7-6(9(13)14-10)3-4-8(11)12-7;5-4-2-1-3-4;;/h8-10,12-14H,5-7,11,26H2,1-4H3,(H,27,29,30);6-9H,3-5H2,1-2H3;4-6H,1-3H3;3-5H,1-2H3;3-5H,1-2H3,(H,15,18);3-4H,5H2,1-2H3,(H2,11,12);4-5H,1-3H2;2*1H4. The number of nitrogens with two attached hydrogens (primary N) is 2. The van der Waals surface area contributed by atoms with Crippen LogP contribution in [0.2, 0.25) is 25.8 Å². The fourth-order valence-electron chi connectivity index (χ4n) is 14.1. The zero-order valence-corrected chi connectivity index (χ0v) is 77.3. The maximum Gasteiger partial charge on any atom is 0.340 e. The van der Waals surface area contributed by atoms with Gasteiger partial charge in [-0.1, -0.05) is 149 Å². The minimum Gasteiger partial charge on any atom is -0.481 e. The summed E-state index contributed by atoms with van der Waals surface area (Å²) in [6, 6.07) is 15.5. The molecule has 41 heteroatoms. The summed E-state index contributed by atoms with van der Waals surface area (Å²) in [5.41, 5.74) is 48.1. The van der Waals surface area contributed by atoms with Crippen molar-refractivity contribution in [2.24, 2.45) is 26.2 Å². The van der Waals surface area contributed by atoms with Gasteiger partial charge < -0.3 is 50.6 Å². The number of nitrogens with one attached hydrogen (secondary N) is 2. The van der Waals surface area contributed by atoms with Crippen LogP contribution in [0.15, 0.2) is 142 Å². The van der Waals surface area contributed by atoms with E-state index in [1.807, 2.05) is 75.3 Å². The Morgan fingerprint density at radius 3 is 1.24 bits per heavy atom. The summed E-state index contributed by atoms with van der Waals surface area (Å²) in [4.78, 5) is 96.2. The molecule has 12 aromatic rings. The van der Waals surface area contributed by atoms with Crippen LogP contribution in [-0.4, -0.2) is 113 Å². The number of halogens is 5.